The van der Waals surface area contributed by atoms with E-state index in [1.165, 1.54) is 6.42 Å². The van der Waals surface area contributed by atoms with Crippen molar-refractivity contribution in [1.29, 1.82) is 0 Å². The van der Waals surface area contributed by atoms with Crippen LogP contribution >= 0.6 is 0 Å². The van der Waals surface area contributed by atoms with Crippen LogP contribution in [-0.4, -0.2) is 45.3 Å². The largest absolute Gasteiger partial charge is 0.360 e. The van der Waals surface area contributed by atoms with Gasteiger partial charge in [-0.3, -0.25) is 0 Å². The number of pyridine rings is 1. The lowest BCUT2D eigenvalue weighted by Crippen LogP contribution is -2.26. The molecule has 0 saturated carbocycles. The van der Waals surface area contributed by atoms with E-state index in [2.05, 4.69) is 39.7 Å². The molecule has 0 bridgehead atoms. The second-order valence-electron chi connectivity index (χ2n) is 4.62. The summed E-state index contributed by atoms with van der Waals surface area (Å²) >= 11 is 0. The summed E-state index contributed by atoms with van der Waals surface area (Å²) in [4.78, 5) is 6.72. The van der Waals surface area contributed by atoms with Crippen LogP contribution in [0.3, 0.4) is 0 Å². The number of aryl methyl sites for hydroxylation is 1. The van der Waals surface area contributed by atoms with Crippen molar-refractivity contribution in [2.75, 3.05) is 45.2 Å². The Bertz CT molecular complexity index is 327. The second kappa shape index (κ2) is 8.89. The molecule has 0 spiro atoms. The fraction of sp³-hybridized carbons (Fsp3) is 0.643. The monoisotopic (exact) mass is 250 g/mol. The molecule has 2 N–H and O–H groups in total. The fourth-order valence-corrected chi connectivity index (χ4v) is 1.81. The van der Waals surface area contributed by atoms with Gasteiger partial charge in [0, 0.05) is 19.3 Å². The van der Waals surface area contributed by atoms with Gasteiger partial charge in [0.2, 0.25) is 0 Å². The number of rotatable bonds is 9. The van der Waals surface area contributed by atoms with Crippen molar-refractivity contribution in [2.24, 2.45) is 0 Å². The molecule has 0 aliphatic heterocycles. The molecule has 0 aliphatic rings. The third kappa shape index (κ3) is 5.98. The fourth-order valence-electron chi connectivity index (χ4n) is 1.81. The maximum atomic E-state index is 4.51. The molecule has 0 atom stereocenters. The molecule has 0 radical (unpaired) electrons. The Balaban J connectivity index is 2.12. The van der Waals surface area contributed by atoms with Crippen molar-refractivity contribution in [3.05, 3.63) is 23.9 Å². The summed E-state index contributed by atoms with van der Waals surface area (Å²) in [5.41, 5.74) is 1.07. The molecule has 18 heavy (non-hydrogen) atoms. The molecule has 0 saturated heterocycles. The minimum atomic E-state index is 1.04. The molecule has 1 heterocycles. The highest BCUT2D eigenvalue weighted by Gasteiger charge is 2.01. The first-order valence-electron chi connectivity index (χ1n) is 6.74. The zero-order valence-corrected chi connectivity index (χ0v) is 11.9. The van der Waals surface area contributed by atoms with E-state index in [9.17, 15) is 0 Å². The Hall–Kier alpha value is -1.13. The maximum absolute atomic E-state index is 4.51. The first kappa shape index (κ1) is 14.9. The van der Waals surface area contributed by atoms with Gasteiger partial charge in [0.1, 0.15) is 5.82 Å². The molecular weight excluding hydrogens is 224 g/mol. The smallest absolute Gasteiger partial charge is 0.128 e. The van der Waals surface area contributed by atoms with Crippen LogP contribution in [0.5, 0.6) is 0 Å². The minimum Gasteiger partial charge on any atom is -0.360 e. The number of anilines is 1. The number of hydrogen-bond acceptors (Lipinski definition) is 4. The van der Waals surface area contributed by atoms with Gasteiger partial charge < -0.3 is 15.5 Å². The van der Waals surface area contributed by atoms with Crippen molar-refractivity contribution in [3.8, 4) is 0 Å². The predicted octanol–water partition coefficient (Wildman–Crippen LogP) is 1.42. The number of aromatic nitrogens is 1. The Morgan fingerprint density at radius 1 is 1.17 bits per heavy atom. The van der Waals surface area contributed by atoms with Gasteiger partial charge in [-0.25, -0.2) is 4.98 Å². The minimum absolute atomic E-state index is 1.04. The molecule has 4 heteroatoms. The molecule has 0 aliphatic carbocycles. The lowest BCUT2D eigenvalue weighted by Gasteiger charge is -2.18. The zero-order chi connectivity index (χ0) is 13.2. The molecule has 0 fully saturated rings. The summed E-state index contributed by atoms with van der Waals surface area (Å²) in [7, 11) is 4.09. The topological polar surface area (TPSA) is 40.2 Å². The van der Waals surface area contributed by atoms with Crippen LogP contribution in [0.1, 0.15) is 18.5 Å². The van der Waals surface area contributed by atoms with Gasteiger partial charge in [0.25, 0.3) is 0 Å². The summed E-state index contributed by atoms with van der Waals surface area (Å²) < 4.78 is 0. The van der Waals surface area contributed by atoms with Crippen LogP contribution in [-0.2, 0) is 0 Å². The maximum Gasteiger partial charge on any atom is 0.128 e. The zero-order valence-electron chi connectivity index (χ0n) is 11.9. The summed E-state index contributed by atoms with van der Waals surface area (Å²) in [5, 5.41) is 6.60. The highest BCUT2D eigenvalue weighted by molar-refractivity contribution is 5.37. The number of nitrogens with one attached hydrogen (secondary N) is 2. The Morgan fingerprint density at radius 3 is 2.67 bits per heavy atom. The molecule has 0 unspecified atom stereocenters. The Labute approximate surface area is 111 Å². The van der Waals surface area contributed by atoms with Crippen LogP contribution in [0.15, 0.2) is 18.2 Å². The van der Waals surface area contributed by atoms with Crippen molar-refractivity contribution in [1.82, 2.24) is 15.6 Å². The summed E-state index contributed by atoms with van der Waals surface area (Å²) in [6, 6.07) is 6.15. The van der Waals surface area contributed by atoms with Gasteiger partial charge in [0.05, 0.1) is 0 Å². The molecule has 1 aromatic rings. The lowest BCUT2D eigenvalue weighted by molar-refractivity contribution is 0.604. The average Bonchev–Trinajstić information content (AvgIpc) is 2.37. The van der Waals surface area contributed by atoms with Crippen molar-refractivity contribution >= 4 is 5.82 Å². The van der Waals surface area contributed by atoms with Gasteiger partial charge in [-0.15, -0.1) is 0 Å². The third-order valence-corrected chi connectivity index (χ3v) is 2.89. The Morgan fingerprint density at radius 2 is 1.94 bits per heavy atom. The van der Waals surface area contributed by atoms with E-state index in [4.69, 9.17) is 0 Å². The average molecular weight is 250 g/mol. The van der Waals surface area contributed by atoms with Crippen LogP contribution in [0, 0.1) is 6.92 Å². The van der Waals surface area contributed by atoms with Gasteiger partial charge in [-0.1, -0.05) is 6.07 Å². The Kier molecular flexibility index (Phi) is 7.37. The van der Waals surface area contributed by atoms with Gasteiger partial charge in [0.15, 0.2) is 0 Å². The molecule has 1 rings (SSSR count). The molecular formula is C14H26N4. The van der Waals surface area contributed by atoms with Crippen LogP contribution in [0.2, 0.25) is 0 Å². The van der Waals surface area contributed by atoms with Crippen LogP contribution in [0.4, 0.5) is 5.82 Å². The normalized spacial score (nSPS) is 10.6. The van der Waals surface area contributed by atoms with E-state index < -0.39 is 0 Å². The third-order valence-electron chi connectivity index (χ3n) is 2.89. The summed E-state index contributed by atoms with van der Waals surface area (Å²) in [5.74, 6) is 1.06. The number of nitrogens with zero attached hydrogens (tertiary/aromatic N) is 2. The van der Waals surface area contributed by atoms with Gasteiger partial charge >= 0.3 is 0 Å². The molecule has 0 aromatic carbocycles. The van der Waals surface area contributed by atoms with E-state index in [1.54, 1.807) is 0 Å². The van der Waals surface area contributed by atoms with E-state index in [1.807, 2.05) is 20.0 Å². The van der Waals surface area contributed by atoms with Crippen molar-refractivity contribution < 1.29 is 0 Å². The highest BCUT2D eigenvalue weighted by Crippen LogP contribution is 2.08. The van der Waals surface area contributed by atoms with Crippen LogP contribution < -0.4 is 15.5 Å². The predicted molar refractivity (Wildman–Crippen MR) is 78.3 cm³/mol. The first-order valence-corrected chi connectivity index (χ1v) is 6.74. The van der Waals surface area contributed by atoms with Crippen molar-refractivity contribution in [3.63, 3.8) is 0 Å². The molecule has 4 nitrogen and oxygen atoms in total. The lowest BCUT2D eigenvalue weighted by atomic mass is 10.3. The molecule has 102 valence electrons. The number of hydrogen-bond donors (Lipinski definition) is 2. The SMILES string of the molecule is CNCCCNCCCN(C)c1cccc(C)n1. The van der Waals surface area contributed by atoms with E-state index in [-0.39, 0.29) is 0 Å². The van der Waals surface area contributed by atoms with Gasteiger partial charge in [-0.2, -0.15) is 0 Å². The standard InChI is InChI=1S/C14H26N4/c1-13-7-4-8-14(17-13)18(3)12-6-11-16-10-5-9-15-2/h4,7-8,15-16H,5-6,9-12H2,1-3H3. The van der Waals surface area contributed by atoms with E-state index in [0.29, 0.717) is 0 Å². The van der Waals surface area contributed by atoms with Gasteiger partial charge in [-0.05, 0) is 58.6 Å². The summed E-state index contributed by atoms with van der Waals surface area (Å²) in [6.07, 6.45) is 2.33. The van der Waals surface area contributed by atoms with Crippen molar-refractivity contribution in [2.45, 2.75) is 19.8 Å². The highest BCUT2D eigenvalue weighted by atomic mass is 15.2. The second-order valence-corrected chi connectivity index (χ2v) is 4.62. The van der Waals surface area contributed by atoms with Crippen LogP contribution in [0.25, 0.3) is 0 Å². The quantitative estimate of drug-likeness (QED) is 0.650. The molecule has 0 amide bonds. The summed E-state index contributed by atoms with van der Waals surface area (Å²) in [6.45, 7) is 6.31. The van der Waals surface area contributed by atoms with E-state index in [0.717, 1.165) is 44.1 Å². The first-order chi connectivity index (χ1) is 8.74. The van der Waals surface area contributed by atoms with E-state index >= 15 is 0 Å². The molecule has 1 aromatic heterocycles.